The second-order valence-electron chi connectivity index (χ2n) is 4.40. The minimum absolute atomic E-state index is 0.630. The van der Waals surface area contributed by atoms with E-state index in [2.05, 4.69) is 28.1 Å². The van der Waals surface area contributed by atoms with Crippen LogP contribution in [0.15, 0.2) is 6.07 Å². The van der Waals surface area contributed by atoms with Gasteiger partial charge in [-0.2, -0.15) is 4.37 Å². The molecule has 0 amide bonds. The number of nitrogens with two attached hydrogens (primary N) is 1. The molecule has 1 aromatic rings. The zero-order valence-electron chi connectivity index (χ0n) is 10.0. The number of anilines is 2. The normalized spacial score (nSPS) is 21.5. The Kier molecular flexibility index (Phi) is 3.66. The largest absolute Gasteiger partial charge is 0.383 e. The van der Waals surface area contributed by atoms with E-state index in [-0.39, 0.29) is 0 Å². The summed E-state index contributed by atoms with van der Waals surface area (Å²) in [7, 11) is 2.12. The van der Waals surface area contributed by atoms with E-state index in [1.807, 2.05) is 6.07 Å². The molecule has 2 heterocycles. The summed E-state index contributed by atoms with van der Waals surface area (Å²) in [6.45, 7) is 5.72. The standard InChI is InChI=1S/C11H20N4S/c1-3-15-6-4-5-9(15)8-14(2)11-7-10(12)13-16-11/h7,9H,3-6,8H2,1-2H3,(H2,12,13). The van der Waals surface area contributed by atoms with Crippen LogP contribution in [-0.2, 0) is 0 Å². The molecule has 0 aromatic carbocycles. The van der Waals surface area contributed by atoms with E-state index >= 15 is 0 Å². The molecule has 1 aromatic heterocycles. The average Bonchev–Trinajstić information content (AvgIpc) is 2.86. The summed E-state index contributed by atoms with van der Waals surface area (Å²) in [4.78, 5) is 4.83. The fourth-order valence-corrected chi connectivity index (χ4v) is 3.02. The quantitative estimate of drug-likeness (QED) is 0.869. The van der Waals surface area contributed by atoms with Crippen molar-refractivity contribution in [2.24, 2.45) is 0 Å². The molecule has 0 aliphatic carbocycles. The Morgan fingerprint density at radius 3 is 3.12 bits per heavy atom. The molecule has 1 aliphatic heterocycles. The molecule has 0 bridgehead atoms. The first-order valence-corrected chi connectivity index (χ1v) is 6.65. The van der Waals surface area contributed by atoms with E-state index < -0.39 is 0 Å². The molecule has 1 saturated heterocycles. The number of likely N-dealkylation sites (tertiary alicyclic amines) is 1. The van der Waals surface area contributed by atoms with Crippen LogP contribution in [0.1, 0.15) is 19.8 Å². The zero-order chi connectivity index (χ0) is 11.5. The van der Waals surface area contributed by atoms with E-state index in [9.17, 15) is 0 Å². The van der Waals surface area contributed by atoms with Crippen LogP contribution >= 0.6 is 11.5 Å². The van der Waals surface area contributed by atoms with Crippen LogP contribution in [0.25, 0.3) is 0 Å². The number of nitrogens with zero attached hydrogens (tertiary/aromatic N) is 3. The van der Waals surface area contributed by atoms with E-state index in [1.165, 1.54) is 35.9 Å². The molecular weight excluding hydrogens is 220 g/mol. The molecule has 1 aliphatic rings. The first-order valence-electron chi connectivity index (χ1n) is 5.88. The summed E-state index contributed by atoms with van der Waals surface area (Å²) < 4.78 is 4.12. The van der Waals surface area contributed by atoms with Crippen LogP contribution in [0.4, 0.5) is 10.8 Å². The van der Waals surface area contributed by atoms with Gasteiger partial charge >= 0.3 is 0 Å². The molecule has 1 fully saturated rings. The fourth-order valence-electron chi connectivity index (χ4n) is 2.38. The lowest BCUT2D eigenvalue weighted by molar-refractivity contribution is 0.271. The van der Waals surface area contributed by atoms with Crippen LogP contribution in [0.2, 0.25) is 0 Å². The van der Waals surface area contributed by atoms with Crippen molar-refractivity contribution in [3.63, 3.8) is 0 Å². The summed E-state index contributed by atoms with van der Waals surface area (Å²) in [6.07, 6.45) is 2.64. The second-order valence-corrected chi connectivity index (χ2v) is 5.18. The van der Waals surface area contributed by atoms with Crippen LogP contribution in [0.5, 0.6) is 0 Å². The summed E-state index contributed by atoms with van der Waals surface area (Å²) in [6, 6.07) is 2.65. The third-order valence-electron chi connectivity index (χ3n) is 3.28. The number of rotatable bonds is 4. The van der Waals surface area contributed by atoms with E-state index in [4.69, 9.17) is 5.73 Å². The van der Waals surface area contributed by atoms with Crippen molar-refractivity contribution in [1.82, 2.24) is 9.27 Å². The maximum atomic E-state index is 5.64. The maximum Gasteiger partial charge on any atom is 0.139 e. The van der Waals surface area contributed by atoms with Gasteiger partial charge in [-0.3, -0.25) is 4.90 Å². The lowest BCUT2D eigenvalue weighted by Gasteiger charge is -2.27. The number of hydrogen-bond acceptors (Lipinski definition) is 5. The number of aromatic nitrogens is 1. The Hall–Kier alpha value is -0.810. The van der Waals surface area contributed by atoms with Crippen LogP contribution in [-0.4, -0.2) is 42.0 Å². The van der Waals surface area contributed by atoms with Gasteiger partial charge in [-0.05, 0) is 37.5 Å². The average molecular weight is 240 g/mol. The van der Waals surface area contributed by atoms with Gasteiger partial charge in [0.15, 0.2) is 0 Å². The van der Waals surface area contributed by atoms with Crippen molar-refractivity contribution < 1.29 is 0 Å². The molecule has 0 saturated carbocycles. The monoisotopic (exact) mass is 240 g/mol. The minimum atomic E-state index is 0.630. The number of likely N-dealkylation sites (N-methyl/N-ethyl adjacent to an activating group) is 2. The predicted octanol–water partition coefficient (Wildman–Crippen LogP) is 1.65. The number of hydrogen-bond donors (Lipinski definition) is 1. The van der Waals surface area contributed by atoms with Crippen molar-refractivity contribution in [3.05, 3.63) is 6.07 Å². The van der Waals surface area contributed by atoms with E-state index in [0.29, 0.717) is 11.9 Å². The lowest BCUT2D eigenvalue weighted by Crippen LogP contribution is -2.38. The van der Waals surface area contributed by atoms with Gasteiger partial charge in [0.1, 0.15) is 10.8 Å². The zero-order valence-corrected chi connectivity index (χ0v) is 10.8. The van der Waals surface area contributed by atoms with Crippen molar-refractivity contribution in [2.45, 2.75) is 25.8 Å². The molecular formula is C11H20N4S. The van der Waals surface area contributed by atoms with Gasteiger partial charge in [-0.1, -0.05) is 6.92 Å². The summed E-state index contributed by atoms with van der Waals surface area (Å²) >= 11 is 1.48. The van der Waals surface area contributed by atoms with Crippen molar-refractivity contribution in [2.75, 3.05) is 37.3 Å². The molecule has 2 rings (SSSR count). The van der Waals surface area contributed by atoms with Gasteiger partial charge < -0.3 is 10.6 Å². The Morgan fingerprint density at radius 1 is 1.69 bits per heavy atom. The minimum Gasteiger partial charge on any atom is -0.383 e. The molecule has 1 atom stereocenters. The number of nitrogen functional groups attached to an aromatic ring is 1. The smallest absolute Gasteiger partial charge is 0.139 e. The van der Waals surface area contributed by atoms with Crippen LogP contribution in [0, 0.1) is 0 Å². The first kappa shape index (κ1) is 11.7. The van der Waals surface area contributed by atoms with Gasteiger partial charge in [-0.15, -0.1) is 0 Å². The van der Waals surface area contributed by atoms with Gasteiger partial charge in [0, 0.05) is 25.7 Å². The summed E-state index contributed by atoms with van der Waals surface area (Å²) in [5.74, 6) is 0.630. The predicted molar refractivity (Wildman–Crippen MR) is 70.1 cm³/mol. The SMILES string of the molecule is CCN1CCCC1CN(C)c1cc(N)ns1. The van der Waals surface area contributed by atoms with Crippen LogP contribution in [0.3, 0.4) is 0 Å². The summed E-state index contributed by atoms with van der Waals surface area (Å²) in [5.41, 5.74) is 5.64. The van der Waals surface area contributed by atoms with Gasteiger partial charge in [0.25, 0.3) is 0 Å². The molecule has 90 valence electrons. The Balaban J connectivity index is 1.94. The second kappa shape index (κ2) is 5.01. The summed E-state index contributed by atoms with van der Waals surface area (Å²) in [5, 5.41) is 1.17. The van der Waals surface area contributed by atoms with Crippen molar-refractivity contribution >= 4 is 22.4 Å². The Labute approximate surface area is 101 Å². The van der Waals surface area contributed by atoms with Crippen molar-refractivity contribution in [1.29, 1.82) is 0 Å². The molecule has 5 heteroatoms. The van der Waals surface area contributed by atoms with Crippen molar-refractivity contribution in [3.8, 4) is 0 Å². The van der Waals surface area contributed by atoms with Gasteiger partial charge in [-0.25, -0.2) is 0 Å². The van der Waals surface area contributed by atoms with Gasteiger partial charge in [0.05, 0.1) is 0 Å². The highest BCUT2D eigenvalue weighted by molar-refractivity contribution is 7.10. The third kappa shape index (κ3) is 2.47. The highest BCUT2D eigenvalue weighted by Gasteiger charge is 2.24. The highest BCUT2D eigenvalue weighted by Crippen LogP contribution is 2.24. The Bertz CT molecular complexity index is 338. The topological polar surface area (TPSA) is 45.4 Å². The molecule has 1 unspecified atom stereocenters. The molecule has 0 spiro atoms. The van der Waals surface area contributed by atoms with Gasteiger partial charge in [0.2, 0.25) is 0 Å². The molecule has 0 radical (unpaired) electrons. The fraction of sp³-hybridized carbons (Fsp3) is 0.727. The Morgan fingerprint density at radius 2 is 2.50 bits per heavy atom. The first-order chi connectivity index (χ1) is 7.70. The highest BCUT2D eigenvalue weighted by atomic mass is 32.1. The van der Waals surface area contributed by atoms with E-state index in [0.717, 1.165) is 13.1 Å². The maximum absolute atomic E-state index is 5.64. The van der Waals surface area contributed by atoms with E-state index in [1.54, 1.807) is 0 Å². The molecule has 16 heavy (non-hydrogen) atoms. The molecule has 2 N–H and O–H groups in total. The third-order valence-corrected chi connectivity index (χ3v) is 4.20. The van der Waals surface area contributed by atoms with Crippen LogP contribution < -0.4 is 10.6 Å². The molecule has 4 nitrogen and oxygen atoms in total. The lowest BCUT2D eigenvalue weighted by atomic mass is 10.2.